The van der Waals surface area contributed by atoms with E-state index in [4.69, 9.17) is 0 Å². The van der Waals surface area contributed by atoms with Crippen molar-refractivity contribution in [1.29, 1.82) is 0 Å². The summed E-state index contributed by atoms with van der Waals surface area (Å²) in [5.74, 6) is 0.734. The number of amidine groups is 1. The highest BCUT2D eigenvalue weighted by atomic mass is 15.2. The Kier molecular flexibility index (Phi) is 6.26. The van der Waals surface area contributed by atoms with Crippen molar-refractivity contribution < 1.29 is 0 Å². The van der Waals surface area contributed by atoms with Crippen LogP contribution in [0.25, 0.3) is 0 Å². The number of aliphatic imine (C=N–C) groups is 1. The number of hydrogen-bond donors (Lipinski definition) is 0. The van der Waals surface area contributed by atoms with Crippen molar-refractivity contribution in [3.05, 3.63) is 77.9 Å². The number of azo groups is 2. The summed E-state index contributed by atoms with van der Waals surface area (Å²) in [6.45, 7) is 8.37. The first-order chi connectivity index (χ1) is 15.1. The van der Waals surface area contributed by atoms with Crippen molar-refractivity contribution >= 4 is 34.3 Å². The first-order valence-electron chi connectivity index (χ1n) is 10.6. The molecule has 1 aliphatic rings. The number of hydrogen-bond acceptors (Lipinski definition) is 6. The Morgan fingerprint density at radius 3 is 1.87 bits per heavy atom. The fraction of sp³-hybridized carbons (Fsp3) is 0.240. The van der Waals surface area contributed by atoms with Crippen LogP contribution in [0.4, 0.5) is 28.4 Å². The van der Waals surface area contributed by atoms with E-state index in [0.717, 1.165) is 48.1 Å². The second-order valence-electron chi connectivity index (χ2n) is 7.44. The van der Waals surface area contributed by atoms with Gasteiger partial charge in [0.2, 0.25) is 0 Å². The summed E-state index contributed by atoms with van der Waals surface area (Å²) in [7, 11) is 0. The summed E-state index contributed by atoms with van der Waals surface area (Å²) in [4.78, 5) is 6.83. The highest BCUT2D eigenvalue weighted by molar-refractivity contribution is 5.92. The Morgan fingerprint density at radius 2 is 1.29 bits per heavy atom. The van der Waals surface area contributed by atoms with E-state index in [1.807, 2.05) is 42.5 Å². The quantitative estimate of drug-likeness (QED) is 0.385. The third kappa shape index (κ3) is 5.09. The fourth-order valence-electron chi connectivity index (χ4n) is 3.51. The molecule has 6 nitrogen and oxygen atoms in total. The molecule has 3 aromatic rings. The van der Waals surface area contributed by atoms with E-state index in [2.05, 4.69) is 75.4 Å². The van der Waals surface area contributed by atoms with Crippen LogP contribution >= 0.6 is 0 Å². The normalized spacial score (nSPS) is 13.1. The van der Waals surface area contributed by atoms with Gasteiger partial charge >= 0.3 is 0 Å². The first-order valence-corrected chi connectivity index (χ1v) is 10.6. The molecule has 0 aromatic heterocycles. The van der Waals surface area contributed by atoms with Crippen LogP contribution in [0.2, 0.25) is 0 Å². The zero-order valence-corrected chi connectivity index (χ0v) is 18.2. The van der Waals surface area contributed by atoms with Gasteiger partial charge in [-0.05, 0) is 80.9 Å². The Labute approximate surface area is 183 Å². The van der Waals surface area contributed by atoms with E-state index in [1.54, 1.807) is 0 Å². The second-order valence-corrected chi connectivity index (χ2v) is 7.44. The van der Waals surface area contributed by atoms with Crippen molar-refractivity contribution in [1.82, 2.24) is 0 Å². The Balaban J connectivity index is 1.37. The van der Waals surface area contributed by atoms with Gasteiger partial charge in [-0.15, -0.1) is 10.2 Å². The monoisotopic (exact) mass is 410 g/mol. The molecule has 0 amide bonds. The molecule has 0 spiro atoms. The first kappa shape index (κ1) is 20.6. The number of fused-ring (bicyclic) bond motifs is 1. The third-order valence-electron chi connectivity index (χ3n) is 5.22. The minimum absolute atomic E-state index is 0.722. The molecular formula is C25H26N6. The van der Waals surface area contributed by atoms with E-state index < -0.39 is 0 Å². The molecule has 0 radical (unpaired) electrons. The SMILES string of the molecule is CCN(CC)c1ccc(N=Nc2ccc(N=NC3=Nc4ccc(C)cc4C3)cc2)cc1. The van der Waals surface area contributed by atoms with Crippen molar-refractivity contribution in [3.8, 4) is 0 Å². The van der Waals surface area contributed by atoms with Gasteiger partial charge in [0.15, 0.2) is 5.84 Å². The summed E-state index contributed by atoms with van der Waals surface area (Å²) in [6.07, 6.45) is 0.722. The van der Waals surface area contributed by atoms with Crippen molar-refractivity contribution in [2.24, 2.45) is 25.4 Å². The standard InChI is InChI=1S/C25H26N6/c1-4-31(5-2)23-13-11-22(12-14-23)28-27-20-7-9-21(10-8-20)29-30-25-17-19-16-18(3)6-15-24(19)26-25/h6-16H,4-5,17H2,1-3H3. The Bertz CT molecular complexity index is 1120. The predicted octanol–water partition coefficient (Wildman–Crippen LogP) is 7.63. The van der Waals surface area contributed by atoms with Gasteiger partial charge in [0.25, 0.3) is 0 Å². The van der Waals surface area contributed by atoms with Crippen molar-refractivity contribution in [3.63, 3.8) is 0 Å². The molecule has 1 heterocycles. The predicted molar refractivity (Wildman–Crippen MR) is 127 cm³/mol. The lowest BCUT2D eigenvalue weighted by Gasteiger charge is -2.20. The van der Waals surface area contributed by atoms with E-state index in [1.165, 1.54) is 16.8 Å². The maximum atomic E-state index is 4.54. The molecular weight excluding hydrogens is 384 g/mol. The number of anilines is 1. The molecule has 0 unspecified atom stereocenters. The number of nitrogens with zero attached hydrogens (tertiary/aromatic N) is 6. The highest BCUT2D eigenvalue weighted by Gasteiger charge is 2.13. The molecule has 0 N–H and O–H groups in total. The molecule has 0 bridgehead atoms. The maximum Gasteiger partial charge on any atom is 0.155 e. The molecule has 1 aliphatic heterocycles. The smallest absolute Gasteiger partial charge is 0.155 e. The highest BCUT2D eigenvalue weighted by Crippen LogP contribution is 2.29. The van der Waals surface area contributed by atoms with Crippen LogP contribution in [0.5, 0.6) is 0 Å². The second kappa shape index (κ2) is 9.43. The number of rotatable bonds is 6. The van der Waals surface area contributed by atoms with Gasteiger partial charge in [-0.1, -0.05) is 17.7 Å². The van der Waals surface area contributed by atoms with Crippen molar-refractivity contribution in [2.75, 3.05) is 18.0 Å². The van der Waals surface area contributed by atoms with E-state index in [-0.39, 0.29) is 0 Å². The van der Waals surface area contributed by atoms with E-state index >= 15 is 0 Å². The molecule has 0 atom stereocenters. The molecule has 31 heavy (non-hydrogen) atoms. The van der Waals surface area contributed by atoms with Crippen LogP contribution in [-0.2, 0) is 6.42 Å². The average Bonchev–Trinajstić information content (AvgIpc) is 3.20. The number of aryl methyl sites for hydroxylation is 1. The minimum atomic E-state index is 0.722. The molecule has 0 saturated carbocycles. The summed E-state index contributed by atoms with van der Waals surface area (Å²) >= 11 is 0. The van der Waals surface area contributed by atoms with E-state index in [9.17, 15) is 0 Å². The maximum absolute atomic E-state index is 4.54. The minimum Gasteiger partial charge on any atom is -0.372 e. The molecule has 6 heteroatoms. The van der Waals surface area contributed by atoms with Gasteiger partial charge in [0, 0.05) is 25.2 Å². The Hall–Kier alpha value is -3.67. The van der Waals surface area contributed by atoms with Crippen LogP contribution in [0.1, 0.15) is 25.0 Å². The molecule has 156 valence electrons. The van der Waals surface area contributed by atoms with Crippen LogP contribution in [-0.4, -0.2) is 18.9 Å². The lowest BCUT2D eigenvalue weighted by molar-refractivity contribution is 0.866. The summed E-state index contributed by atoms with van der Waals surface area (Å²) in [5, 5.41) is 17.3. The van der Waals surface area contributed by atoms with Gasteiger partial charge < -0.3 is 4.90 Å². The van der Waals surface area contributed by atoms with Crippen LogP contribution < -0.4 is 4.90 Å². The van der Waals surface area contributed by atoms with Gasteiger partial charge in [-0.2, -0.15) is 10.2 Å². The largest absolute Gasteiger partial charge is 0.372 e. The molecule has 0 saturated heterocycles. The van der Waals surface area contributed by atoms with Gasteiger partial charge in [0.05, 0.1) is 22.7 Å². The van der Waals surface area contributed by atoms with Crippen LogP contribution in [0.3, 0.4) is 0 Å². The van der Waals surface area contributed by atoms with E-state index in [0.29, 0.717) is 0 Å². The lowest BCUT2D eigenvalue weighted by atomic mass is 10.1. The molecule has 4 rings (SSSR count). The van der Waals surface area contributed by atoms with Crippen LogP contribution in [0.15, 0.2) is 92.2 Å². The van der Waals surface area contributed by atoms with Gasteiger partial charge in [-0.25, -0.2) is 4.99 Å². The lowest BCUT2D eigenvalue weighted by Crippen LogP contribution is -2.21. The van der Waals surface area contributed by atoms with Crippen LogP contribution in [0, 0.1) is 6.92 Å². The van der Waals surface area contributed by atoms with Gasteiger partial charge in [0.1, 0.15) is 0 Å². The topological polar surface area (TPSA) is 65.0 Å². The average molecular weight is 411 g/mol. The zero-order chi connectivity index (χ0) is 21.6. The molecule has 0 fully saturated rings. The Morgan fingerprint density at radius 1 is 0.742 bits per heavy atom. The summed E-state index contributed by atoms with van der Waals surface area (Å²) < 4.78 is 0. The fourth-order valence-corrected chi connectivity index (χ4v) is 3.51. The van der Waals surface area contributed by atoms with Gasteiger partial charge in [-0.3, -0.25) is 0 Å². The summed E-state index contributed by atoms with van der Waals surface area (Å²) in [5.41, 5.74) is 6.98. The molecule has 0 aliphatic carbocycles. The summed E-state index contributed by atoms with van der Waals surface area (Å²) in [6, 6.07) is 21.9. The number of benzene rings is 3. The zero-order valence-electron chi connectivity index (χ0n) is 18.2. The van der Waals surface area contributed by atoms with Crippen molar-refractivity contribution in [2.45, 2.75) is 27.2 Å². The third-order valence-corrected chi connectivity index (χ3v) is 5.22. The molecule has 3 aromatic carbocycles.